The van der Waals surface area contributed by atoms with Gasteiger partial charge in [0, 0.05) is 6.92 Å². The Kier molecular flexibility index (Phi) is 5.94. The summed E-state index contributed by atoms with van der Waals surface area (Å²) < 4.78 is 39.7. The summed E-state index contributed by atoms with van der Waals surface area (Å²) >= 11 is 0. The first-order valence-corrected chi connectivity index (χ1v) is 8.53. The molecule has 1 saturated carbocycles. The quantitative estimate of drug-likeness (QED) is 0.541. The Hall–Kier alpha value is -0.990. The van der Waals surface area contributed by atoms with Gasteiger partial charge in [-0.15, -0.1) is 0 Å². The molecule has 0 bridgehead atoms. The van der Waals surface area contributed by atoms with Crippen molar-refractivity contribution < 1.29 is 13.2 Å². The molecule has 1 unspecified atom stereocenters. The first-order chi connectivity index (χ1) is 10.4. The van der Waals surface area contributed by atoms with Crippen LogP contribution < -0.4 is 0 Å². The number of benzene rings is 1. The van der Waals surface area contributed by atoms with Crippen LogP contribution in [0.4, 0.5) is 13.2 Å². The summed E-state index contributed by atoms with van der Waals surface area (Å²) in [5.74, 6) is -1.96. The predicted octanol–water partition coefficient (Wildman–Crippen LogP) is 6.82. The Balaban J connectivity index is 1.92. The van der Waals surface area contributed by atoms with Crippen LogP contribution in [0.25, 0.3) is 0 Å². The number of halogens is 3. The van der Waals surface area contributed by atoms with Gasteiger partial charge in [0.25, 0.3) is 5.92 Å². The average Bonchev–Trinajstić information content (AvgIpc) is 2.52. The third-order valence-corrected chi connectivity index (χ3v) is 4.96. The van der Waals surface area contributed by atoms with E-state index in [2.05, 4.69) is 6.92 Å². The minimum atomic E-state index is -3.32. The van der Waals surface area contributed by atoms with E-state index in [4.69, 9.17) is 0 Å². The lowest BCUT2D eigenvalue weighted by Gasteiger charge is -2.29. The summed E-state index contributed by atoms with van der Waals surface area (Å²) in [5.41, 5.74) is 1.25. The molecule has 2 rings (SSSR count). The molecule has 0 saturated heterocycles. The largest absolute Gasteiger partial charge is 0.280 e. The molecule has 0 radical (unpaired) electrons. The zero-order chi connectivity index (χ0) is 16.2. The molecular weight excluding hydrogens is 285 g/mol. The molecule has 0 aromatic heterocycles. The standard InChI is InChI=1S/C19H27F3/c1-3-4-5-14-6-8-15(9-7-14)16-10-12-17(13-11-16)18(20)19(2,21)22/h10-15,18H,3-9H2,1-2H3. The van der Waals surface area contributed by atoms with E-state index < -0.39 is 12.1 Å². The van der Waals surface area contributed by atoms with Gasteiger partial charge >= 0.3 is 0 Å². The van der Waals surface area contributed by atoms with Gasteiger partial charge in [-0.05, 0) is 48.6 Å². The third kappa shape index (κ3) is 4.50. The van der Waals surface area contributed by atoms with Crippen molar-refractivity contribution in [2.75, 3.05) is 0 Å². The highest BCUT2D eigenvalue weighted by Gasteiger charge is 2.35. The maximum Gasteiger partial charge on any atom is 0.280 e. The van der Waals surface area contributed by atoms with Crippen LogP contribution in [-0.4, -0.2) is 5.92 Å². The summed E-state index contributed by atoms with van der Waals surface area (Å²) in [7, 11) is 0. The molecule has 1 aliphatic rings. The van der Waals surface area contributed by atoms with Crippen LogP contribution in [0.1, 0.15) is 82.0 Å². The van der Waals surface area contributed by atoms with Gasteiger partial charge in [0.2, 0.25) is 0 Å². The van der Waals surface area contributed by atoms with Gasteiger partial charge in [0.15, 0.2) is 6.17 Å². The van der Waals surface area contributed by atoms with E-state index in [1.165, 1.54) is 49.8 Å². The van der Waals surface area contributed by atoms with Crippen molar-refractivity contribution in [3.05, 3.63) is 35.4 Å². The SMILES string of the molecule is CCCCC1CCC(c2ccc(C(F)C(C)(F)F)cc2)CC1. The molecule has 0 N–H and O–H groups in total. The number of unbranched alkanes of at least 4 members (excludes halogenated alkanes) is 1. The van der Waals surface area contributed by atoms with Crippen LogP contribution in [0, 0.1) is 5.92 Å². The Morgan fingerprint density at radius 2 is 1.68 bits per heavy atom. The van der Waals surface area contributed by atoms with Gasteiger partial charge in [0.05, 0.1) is 0 Å². The summed E-state index contributed by atoms with van der Waals surface area (Å²) in [6, 6.07) is 6.73. The van der Waals surface area contributed by atoms with Gasteiger partial charge in [-0.2, -0.15) is 0 Å². The lowest BCUT2D eigenvalue weighted by Crippen LogP contribution is -2.18. The molecule has 3 heteroatoms. The molecule has 124 valence electrons. The highest BCUT2D eigenvalue weighted by atomic mass is 19.3. The van der Waals surface area contributed by atoms with Crippen molar-refractivity contribution in [3.8, 4) is 0 Å². The van der Waals surface area contributed by atoms with E-state index in [1.54, 1.807) is 0 Å². The maximum atomic E-state index is 13.6. The zero-order valence-corrected chi connectivity index (χ0v) is 13.6. The van der Waals surface area contributed by atoms with Crippen LogP contribution in [0.5, 0.6) is 0 Å². The Labute approximate surface area is 132 Å². The summed E-state index contributed by atoms with van der Waals surface area (Å²) in [5, 5.41) is 0. The smallest absolute Gasteiger partial charge is 0.236 e. The topological polar surface area (TPSA) is 0 Å². The molecule has 1 aromatic rings. The van der Waals surface area contributed by atoms with Gasteiger partial charge < -0.3 is 0 Å². The van der Waals surface area contributed by atoms with Crippen LogP contribution in [0.15, 0.2) is 24.3 Å². The predicted molar refractivity (Wildman–Crippen MR) is 85.1 cm³/mol. The highest BCUT2D eigenvalue weighted by molar-refractivity contribution is 5.28. The molecule has 1 fully saturated rings. The van der Waals surface area contributed by atoms with Crippen molar-refractivity contribution in [2.24, 2.45) is 5.92 Å². The summed E-state index contributed by atoms with van der Waals surface area (Å²) in [6.07, 6.45) is 6.52. The van der Waals surface area contributed by atoms with Crippen molar-refractivity contribution in [3.63, 3.8) is 0 Å². The molecule has 0 spiro atoms. The molecule has 0 amide bonds. The van der Waals surface area contributed by atoms with Crippen LogP contribution >= 0.6 is 0 Å². The molecule has 1 atom stereocenters. The van der Waals surface area contributed by atoms with Crippen molar-refractivity contribution in [2.45, 2.75) is 76.8 Å². The number of hydrogen-bond acceptors (Lipinski definition) is 0. The first-order valence-electron chi connectivity index (χ1n) is 8.53. The van der Waals surface area contributed by atoms with E-state index in [-0.39, 0.29) is 5.56 Å². The number of hydrogen-bond donors (Lipinski definition) is 0. The molecule has 22 heavy (non-hydrogen) atoms. The third-order valence-electron chi connectivity index (χ3n) is 4.96. The second-order valence-corrected chi connectivity index (χ2v) is 6.85. The van der Waals surface area contributed by atoms with Gasteiger partial charge in [-0.1, -0.05) is 50.5 Å². The van der Waals surface area contributed by atoms with Gasteiger partial charge in [-0.3, -0.25) is 0 Å². The lowest BCUT2D eigenvalue weighted by molar-refractivity contribution is -0.0566. The van der Waals surface area contributed by atoms with E-state index >= 15 is 0 Å². The molecule has 1 aromatic carbocycles. The van der Waals surface area contributed by atoms with Crippen LogP contribution in [0.3, 0.4) is 0 Å². The fraction of sp³-hybridized carbons (Fsp3) is 0.684. The zero-order valence-electron chi connectivity index (χ0n) is 13.6. The maximum absolute atomic E-state index is 13.6. The monoisotopic (exact) mass is 312 g/mol. The Morgan fingerprint density at radius 1 is 1.09 bits per heavy atom. The Bertz CT molecular complexity index is 439. The normalized spacial score (nSPS) is 24.2. The van der Waals surface area contributed by atoms with Gasteiger partial charge in [0.1, 0.15) is 0 Å². The summed E-state index contributed by atoms with van der Waals surface area (Å²) in [6.45, 7) is 2.86. The van der Waals surface area contributed by atoms with E-state index in [0.717, 1.165) is 18.8 Å². The van der Waals surface area contributed by atoms with E-state index in [9.17, 15) is 13.2 Å². The molecule has 0 aliphatic heterocycles. The van der Waals surface area contributed by atoms with Crippen molar-refractivity contribution in [1.82, 2.24) is 0 Å². The highest BCUT2D eigenvalue weighted by Crippen LogP contribution is 2.39. The fourth-order valence-electron chi connectivity index (χ4n) is 3.51. The average molecular weight is 312 g/mol. The molecule has 1 aliphatic carbocycles. The summed E-state index contributed by atoms with van der Waals surface area (Å²) in [4.78, 5) is 0. The van der Waals surface area contributed by atoms with Crippen molar-refractivity contribution in [1.29, 1.82) is 0 Å². The Morgan fingerprint density at radius 3 is 2.18 bits per heavy atom. The fourth-order valence-corrected chi connectivity index (χ4v) is 3.51. The lowest BCUT2D eigenvalue weighted by atomic mass is 9.77. The second-order valence-electron chi connectivity index (χ2n) is 6.85. The van der Waals surface area contributed by atoms with Gasteiger partial charge in [-0.25, -0.2) is 13.2 Å². The van der Waals surface area contributed by atoms with Crippen LogP contribution in [0.2, 0.25) is 0 Å². The molecule has 0 nitrogen and oxygen atoms in total. The number of alkyl halides is 3. The van der Waals surface area contributed by atoms with Crippen LogP contribution in [-0.2, 0) is 0 Å². The second kappa shape index (κ2) is 7.52. The van der Waals surface area contributed by atoms with E-state index in [0.29, 0.717) is 12.8 Å². The molecule has 0 heterocycles. The first kappa shape index (κ1) is 17.4. The minimum Gasteiger partial charge on any atom is -0.236 e. The van der Waals surface area contributed by atoms with E-state index in [1.807, 2.05) is 12.1 Å². The van der Waals surface area contributed by atoms with Crippen molar-refractivity contribution >= 4 is 0 Å². The molecular formula is C19H27F3. The number of rotatable bonds is 6. The minimum absolute atomic E-state index is 0.0767.